The Morgan fingerprint density at radius 2 is 0.593 bits per heavy atom. The molecule has 0 aliphatic rings. The summed E-state index contributed by atoms with van der Waals surface area (Å²) in [5.41, 5.74) is 0. The fraction of sp³-hybridized carbons (Fsp3) is 0.646. The van der Waals surface area contributed by atoms with Gasteiger partial charge in [-0.25, -0.2) is 4.79 Å². The van der Waals surface area contributed by atoms with Gasteiger partial charge in [-0.3, -0.25) is 9.59 Å². The largest absolute Gasteiger partial charge is 0.477 e. The molecule has 0 saturated heterocycles. The minimum absolute atomic E-state index is 0.174. The molecule has 0 fully saturated rings. The van der Waals surface area contributed by atoms with Crippen molar-refractivity contribution in [2.75, 3.05) is 47.5 Å². The van der Waals surface area contributed by atoms with E-state index < -0.39 is 24.3 Å². The summed E-state index contributed by atoms with van der Waals surface area (Å²) in [4.78, 5) is 37.7. The number of ether oxygens (including phenoxy) is 4. The number of aliphatic carboxylic acids is 1. The molecule has 0 rings (SSSR count). The van der Waals surface area contributed by atoms with E-state index >= 15 is 0 Å². The number of quaternary nitrogens is 1. The highest BCUT2D eigenvalue weighted by molar-refractivity contribution is 5.71. The molecule has 2 unspecified atom stereocenters. The summed E-state index contributed by atoms with van der Waals surface area (Å²) >= 11 is 0. The first-order chi connectivity index (χ1) is 44.6. The van der Waals surface area contributed by atoms with Gasteiger partial charge in [-0.05, 0) is 122 Å². The number of carbonyl (C=O) groups is 3. The van der Waals surface area contributed by atoms with E-state index in [9.17, 15) is 19.5 Å². The average molecular weight is 1260 g/mol. The summed E-state index contributed by atoms with van der Waals surface area (Å²) in [7, 11) is 5.96. The van der Waals surface area contributed by atoms with Gasteiger partial charge in [-0.1, -0.05) is 307 Å². The minimum atomic E-state index is -1.53. The zero-order valence-electron chi connectivity index (χ0n) is 58.9. The van der Waals surface area contributed by atoms with Gasteiger partial charge in [0, 0.05) is 12.8 Å². The molecule has 0 saturated carbocycles. The smallest absolute Gasteiger partial charge is 0.361 e. The Hall–Kier alpha value is -5.09. The summed E-state index contributed by atoms with van der Waals surface area (Å²) in [6.07, 6.45) is 102. The number of hydrogen-bond donors (Lipinski definition) is 1. The molecule has 0 amide bonds. The van der Waals surface area contributed by atoms with Crippen molar-refractivity contribution in [2.45, 2.75) is 296 Å². The number of unbranched alkanes of at least 4 members (excludes halogenated alkanes) is 25. The Bertz CT molecular complexity index is 2060. The molecule has 0 heterocycles. The summed E-state index contributed by atoms with van der Waals surface area (Å²) < 4.78 is 22.9. The number of carboxylic acids is 1. The van der Waals surface area contributed by atoms with E-state index in [1.54, 1.807) is 0 Å². The molecule has 1 N–H and O–H groups in total. The normalized spacial score (nSPS) is 13.6. The van der Waals surface area contributed by atoms with Crippen molar-refractivity contribution >= 4 is 17.9 Å². The third kappa shape index (κ3) is 72.2. The van der Waals surface area contributed by atoms with Gasteiger partial charge in [-0.2, -0.15) is 0 Å². The molecule has 91 heavy (non-hydrogen) atoms. The van der Waals surface area contributed by atoms with Gasteiger partial charge in [-0.15, -0.1) is 0 Å². The van der Waals surface area contributed by atoms with Crippen LogP contribution in [0.2, 0.25) is 0 Å². The van der Waals surface area contributed by atoms with E-state index in [1.807, 2.05) is 21.1 Å². The highest BCUT2D eigenvalue weighted by Crippen LogP contribution is 2.17. The summed E-state index contributed by atoms with van der Waals surface area (Å²) in [6.45, 7) is 4.62. The van der Waals surface area contributed by atoms with Crippen LogP contribution in [0.1, 0.15) is 284 Å². The molecule has 0 aliphatic carbocycles. The van der Waals surface area contributed by atoms with Crippen LogP contribution in [-0.4, -0.2) is 87.4 Å². The third-order valence-electron chi connectivity index (χ3n) is 15.3. The summed E-state index contributed by atoms with van der Waals surface area (Å²) in [5, 5.41) is 9.75. The van der Waals surface area contributed by atoms with Crippen LogP contribution in [0.3, 0.4) is 0 Å². The highest BCUT2D eigenvalue weighted by Gasteiger charge is 2.25. The maximum atomic E-state index is 12.9. The van der Waals surface area contributed by atoms with Gasteiger partial charge in [0.25, 0.3) is 6.29 Å². The summed E-state index contributed by atoms with van der Waals surface area (Å²) in [6, 6.07) is 0. The van der Waals surface area contributed by atoms with Crippen molar-refractivity contribution in [3.8, 4) is 0 Å². The van der Waals surface area contributed by atoms with E-state index in [2.05, 4.69) is 172 Å². The van der Waals surface area contributed by atoms with Crippen molar-refractivity contribution < 1.29 is 42.9 Å². The fourth-order valence-corrected chi connectivity index (χ4v) is 9.76. The van der Waals surface area contributed by atoms with Crippen LogP contribution < -0.4 is 0 Å². The van der Waals surface area contributed by atoms with Gasteiger partial charge < -0.3 is 28.5 Å². The molecule has 0 aromatic heterocycles. The van der Waals surface area contributed by atoms with Crippen LogP contribution in [0.4, 0.5) is 0 Å². The van der Waals surface area contributed by atoms with E-state index in [-0.39, 0.29) is 38.6 Å². The van der Waals surface area contributed by atoms with Crippen molar-refractivity contribution in [1.82, 2.24) is 0 Å². The minimum Gasteiger partial charge on any atom is -0.477 e. The van der Waals surface area contributed by atoms with Crippen molar-refractivity contribution in [3.63, 3.8) is 0 Å². The topological polar surface area (TPSA) is 108 Å². The number of carbonyl (C=O) groups excluding carboxylic acids is 2. The molecule has 0 radical (unpaired) electrons. The van der Waals surface area contributed by atoms with Gasteiger partial charge in [0.15, 0.2) is 6.10 Å². The van der Waals surface area contributed by atoms with E-state index in [1.165, 1.54) is 128 Å². The quantitative estimate of drug-likeness (QED) is 0.0211. The molecule has 9 nitrogen and oxygen atoms in total. The first-order valence-electron chi connectivity index (χ1n) is 36.6. The first kappa shape index (κ1) is 85.9. The van der Waals surface area contributed by atoms with Crippen LogP contribution in [0.5, 0.6) is 0 Å². The zero-order valence-corrected chi connectivity index (χ0v) is 58.9. The summed E-state index contributed by atoms with van der Waals surface area (Å²) in [5.74, 6) is -2.06. The number of esters is 2. The molecule has 0 aromatic carbocycles. The monoisotopic (exact) mass is 1260 g/mol. The zero-order chi connectivity index (χ0) is 66.1. The lowest BCUT2D eigenvalue weighted by atomic mass is 10.0. The maximum Gasteiger partial charge on any atom is 0.361 e. The number of hydrogen-bond acceptors (Lipinski definition) is 7. The van der Waals surface area contributed by atoms with Gasteiger partial charge >= 0.3 is 17.9 Å². The Morgan fingerprint density at radius 1 is 0.330 bits per heavy atom. The van der Waals surface area contributed by atoms with E-state index in [4.69, 9.17) is 18.9 Å². The molecular weight excluding hydrogens is 1130 g/mol. The van der Waals surface area contributed by atoms with Gasteiger partial charge in [0.1, 0.15) is 13.2 Å². The Kier molecular flexibility index (Phi) is 66.8. The lowest BCUT2D eigenvalue weighted by Crippen LogP contribution is -2.40. The lowest BCUT2D eigenvalue weighted by Gasteiger charge is -2.25. The second-order valence-electron chi connectivity index (χ2n) is 25.1. The van der Waals surface area contributed by atoms with Gasteiger partial charge in [0.2, 0.25) is 0 Å². The third-order valence-corrected chi connectivity index (χ3v) is 15.3. The molecule has 9 heteroatoms. The van der Waals surface area contributed by atoms with Crippen molar-refractivity contribution in [3.05, 3.63) is 158 Å². The molecule has 2 atom stereocenters. The molecule has 0 spiro atoms. The van der Waals surface area contributed by atoms with Crippen LogP contribution in [0.25, 0.3) is 0 Å². The van der Waals surface area contributed by atoms with Crippen LogP contribution >= 0.6 is 0 Å². The fourth-order valence-electron chi connectivity index (χ4n) is 9.76. The van der Waals surface area contributed by atoms with Crippen LogP contribution in [0, 0.1) is 0 Å². The van der Waals surface area contributed by atoms with Crippen LogP contribution in [-0.2, 0) is 33.3 Å². The lowest BCUT2D eigenvalue weighted by molar-refractivity contribution is -0.870. The number of likely N-dealkylation sites (N-methyl/N-ethyl adjacent to an activating group) is 1. The Balaban J connectivity index is 4.16. The molecule has 0 aliphatic heterocycles. The predicted molar refractivity (Wildman–Crippen MR) is 391 cm³/mol. The van der Waals surface area contributed by atoms with E-state index in [0.29, 0.717) is 17.4 Å². The van der Waals surface area contributed by atoms with Crippen LogP contribution in [0.15, 0.2) is 158 Å². The number of rotatable bonds is 66. The van der Waals surface area contributed by atoms with E-state index in [0.717, 1.165) is 122 Å². The van der Waals surface area contributed by atoms with Crippen molar-refractivity contribution in [1.29, 1.82) is 0 Å². The standard InChI is InChI=1S/C82H135NO8/c1-6-8-10-12-14-16-18-20-22-24-26-28-30-32-34-36-38-39-40-41-43-44-46-48-50-52-54-56-58-60-62-64-66-68-70-72-79(84)89-76-78(77-90-82(81(86)87)88-75-74-83(3,4)5)91-80(85)73-71-69-67-65-63-61-59-57-55-53-51-49-47-45-42-37-35-33-31-29-27-25-23-21-19-17-15-13-11-9-7-2/h8-11,14-17,20-23,26-29,33,35,42,45,49,51,55,57,61,63,78,82H,6-7,12-13,18-19,24-25,30-32,34,36-41,43-44,46-48,50,52-54,56,58-60,62,64-77H2,1-5H3/p+1/b10-8-,11-9-,16-14-,17-15-,22-20-,23-21-,28-26-,29-27-,35-33-,45-42-,51-49-,57-55-,63-61-. The Morgan fingerprint density at radius 3 is 0.890 bits per heavy atom. The second-order valence-corrected chi connectivity index (χ2v) is 25.1. The number of nitrogens with zero attached hydrogens (tertiary/aromatic N) is 1. The number of allylic oxidation sites excluding steroid dienone is 26. The molecule has 0 aromatic rings. The van der Waals surface area contributed by atoms with Gasteiger partial charge in [0.05, 0.1) is 34.4 Å². The second kappa shape index (κ2) is 70.8. The first-order valence-corrected chi connectivity index (χ1v) is 36.6. The highest BCUT2D eigenvalue weighted by atomic mass is 16.7. The molecule has 0 bridgehead atoms. The Labute approximate surface area is 559 Å². The van der Waals surface area contributed by atoms with Crippen molar-refractivity contribution in [2.24, 2.45) is 0 Å². The molecule has 516 valence electrons. The average Bonchev–Trinajstić information content (AvgIpc) is 3.65. The molecular formula is C82H136NO8+. The predicted octanol–water partition coefficient (Wildman–Crippen LogP) is 23.2. The maximum absolute atomic E-state index is 12.9. The SMILES string of the molecule is CC/C=C\C/C=C\C/C=C\C/C=C\C/C=C\C/C=C\C/C=C\C/C=C\C/C=C\CCCCCC(=O)OC(COC(=O)CCCCCCCCCCCCCCCCCCCCCCCC/C=C\C/C=C\C/C=C\C/C=C\CC)COC(OCC[N+](C)(C)C)C(=O)O. The number of carboxylic acid groups (broad SMARTS) is 1.